The molecule has 4 N–H and O–H groups in total. The summed E-state index contributed by atoms with van der Waals surface area (Å²) in [5.41, 5.74) is 0.460. The van der Waals surface area contributed by atoms with Crippen molar-refractivity contribution >= 4 is 6.09 Å². The van der Waals surface area contributed by atoms with E-state index in [2.05, 4.69) is 17.2 Å². The quantitative estimate of drug-likeness (QED) is 0.197. The highest BCUT2D eigenvalue weighted by molar-refractivity contribution is 5.65. The molecule has 0 bridgehead atoms. The lowest BCUT2D eigenvalue weighted by Gasteiger charge is -2.24. The van der Waals surface area contributed by atoms with E-state index in [0.29, 0.717) is 36.5 Å². The number of allylic oxidation sites excluding steroid dienone is 1. The predicted molar refractivity (Wildman–Crippen MR) is 117 cm³/mol. The second-order valence-electron chi connectivity index (χ2n) is 7.90. The van der Waals surface area contributed by atoms with Crippen molar-refractivity contribution < 1.29 is 37.0 Å². The molecule has 0 saturated heterocycles. The molecule has 186 valence electrons. The molecule has 2 aromatic rings. The van der Waals surface area contributed by atoms with Gasteiger partial charge in [0.2, 0.25) is 0 Å². The molecule has 0 radical (unpaired) electrons. The zero-order valence-corrected chi connectivity index (χ0v) is 18.3. The Morgan fingerprint density at radius 2 is 1.76 bits per heavy atom. The summed E-state index contributed by atoms with van der Waals surface area (Å²) in [7, 11) is 0. The Bertz CT molecular complexity index is 961. The van der Waals surface area contributed by atoms with Crippen molar-refractivity contribution in [2.24, 2.45) is 0 Å². The van der Waals surface area contributed by atoms with Crippen molar-refractivity contribution in [3.05, 3.63) is 82.9 Å². The number of benzene rings is 2. The summed E-state index contributed by atoms with van der Waals surface area (Å²) < 4.78 is 66.4. The van der Waals surface area contributed by atoms with Gasteiger partial charge < -0.3 is 20.8 Å². The molecule has 34 heavy (non-hydrogen) atoms. The molecule has 0 aliphatic rings. The third-order valence-corrected chi connectivity index (χ3v) is 5.21. The number of hydrogen-bond donors (Lipinski definition) is 4. The zero-order valence-electron chi connectivity index (χ0n) is 18.3. The van der Waals surface area contributed by atoms with Gasteiger partial charge in [0.15, 0.2) is 0 Å². The Hall–Kier alpha value is -2.98. The Balaban J connectivity index is 2.10. The van der Waals surface area contributed by atoms with E-state index >= 15 is 0 Å². The fourth-order valence-corrected chi connectivity index (χ4v) is 3.57. The Morgan fingerprint density at radius 3 is 2.35 bits per heavy atom. The number of aryl methyl sites for hydroxylation is 1. The highest BCUT2D eigenvalue weighted by Crippen LogP contribution is 2.31. The minimum atomic E-state index is -4.51. The monoisotopic (exact) mass is 486 g/mol. The minimum Gasteiger partial charge on any atom is -0.465 e. The Kier molecular flexibility index (Phi) is 10.0. The van der Waals surface area contributed by atoms with Crippen LogP contribution in [0.3, 0.4) is 0 Å². The van der Waals surface area contributed by atoms with Gasteiger partial charge in [-0.2, -0.15) is 13.2 Å². The van der Waals surface area contributed by atoms with E-state index in [4.69, 9.17) is 5.11 Å². The van der Waals surface area contributed by atoms with Gasteiger partial charge >= 0.3 is 12.3 Å². The fraction of sp³-hybridized carbons (Fsp3) is 0.375. The number of halogens is 5. The molecule has 0 unspecified atom stereocenters. The van der Waals surface area contributed by atoms with Crippen molar-refractivity contribution in [2.75, 3.05) is 6.54 Å². The first-order valence-electron chi connectivity index (χ1n) is 10.6. The van der Waals surface area contributed by atoms with E-state index in [1.807, 2.05) is 0 Å². The number of aliphatic hydroxyl groups excluding tert-OH is 1. The van der Waals surface area contributed by atoms with Crippen LogP contribution >= 0.6 is 0 Å². The van der Waals surface area contributed by atoms with Crippen LogP contribution < -0.4 is 10.6 Å². The van der Waals surface area contributed by atoms with Crippen LogP contribution in [-0.4, -0.2) is 35.0 Å². The molecule has 1 amide bonds. The average molecular weight is 486 g/mol. The lowest BCUT2D eigenvalue weighted by atomic mass is 9.98. The summed E-state index contributed by atoms with van der Waals surface area (Å²) in [5, 5.41) is 24.5. The highest BCUT2D eigenvalue weighted by Gasteiger charge is 2.31. The second kappa shape index (κ2) is 12.5. The van der Waals surface area contributed by atoms with Crippen molar-refractivity contribution in [3.8, 4) is 0 Å². The van der Waals surface area contributed by atoms with Crippen LogP contribution in [0.5, 0.6) is 0 Å². The molecule has 10 heteroatoms. The molecule has 0 heterocycles. The van der Waals surface area contributed by atoms with Crippen molar-refractivity contribution in [1.82, 2.24) is 10.6 Å². The van der Waals surface area contributed by atoms with Gasteiger partial charge in [0.05, 0.1) is 17.7 Å². The van der Waals surface area contributed by atoms with Gasteiger partial charge in [-0.15, -0.1) is 6.58 Å². The number of unbranched alkanes of at least 4 members (excludes halogenated alkanes) is 1. The predicted octanol–water partition coefficient (Wildman–Crippen LogP) is 4.82. The van der Waals surface area contributed by atoms with Crippen LogP contribution in [0, 0.1) is 11.6 Å². The van der Waals surface area contributed by atoms with Gasteiger partial charge in [-0.25, -0.2) is 13.6 Å². The largest absolute Gasteiger partial charge is 0.465 e. The molecule has 0 saturated carbocycles. The molecular formula is C24H27F5N2O3. The Morgan fingerprint density at radius 1 is 1.09 bits per heavy atom. The van der Waals surface area contributed by atoms with Crippen LogP contribution in [0.1, 0.15) is 35.1 Å². The first kappa shape index (κ1) is 27.3. The van der Waals surface area contributed by atoms with Crippen molar-refractivity contribution in [2.45, 2.75) is 50.6 Å². The van der Waals surface area contributed by atoms with Crippen LogP contribution in [0.4, 0.5) is 26.7 Å². The van der Waals surface area contributed by atoms with E-state index in [9.17, 15) is 31.9 Å². The Labute approximate surface area is 194 Å². The third kappa shape index (κ3) is 8.75. The molecule has 0 aliphatic carbocycles. The molecule has 0 spiro atoms. The first-order valence-corrected chi connectivity index (χ1v) is 10.6. The molecular weight excluding hydrogens is 459 g/mol. The van der Waals surface area contributed by atoms with Crippen LogP contribution in [0.25, 0.3) is 0 Å². The normalized spacial score (nSPS) is 13.4. The van der Waals surface area contributed by atoms with Crippen molar-refractivity contribution in [3.63, 3.8) is 0 Å². The molecule has 0 fully saturated rings. The van der Waals surface area contributed by atoms with Crippen LogP contribution in [0.15, 0.2) is 49.1 Å². The summed E-state index contributed by atoms with van der Waals surface area (Å²) in [6, 6.07) is 5.10. The maximum Gasteiger partial charge on any atom is 0.416 e. The van der Waals surface area contributed by atoms with Gasteiger partial charge in [0, 0.05) is 19.2 Å². The van der Waals surface area contributed by atoms with E-state index in [1.165, 1.54) is 6.07 Å². The number of nitrogens with one attached hydrogen (secondary N) is 2. The lowest BCUT2D eigenvalue weighted by molar-refractivity contribution is -0.137. The van der Waals surface area contributed by atoms with Crippen molar-refractivity contribution in [1.29, 1.82) is 0 Å². The molecule has 0 aromatic heterocycles. The summed E-state index contributed by atoms with van der Waals surface area (Å²) in [4.78, 5) is 11.1. The third-order valence-electron chi connectivity index (χ3n) is 5.21. The van der Waals surface area contributed by atoms with Gasteiger partial charge in [-0.1, -0.05) is 12.1 Å². The number of amides is 1. The summed E-state index contributed by atoms with van der Waals surface area (Å²) in [6.07, 6.45) is -3.79. The maximum atomic E-state index is 13.5. The average Bonchev–Trinajstić information content (AvgIpc) is 2.72. The number of alkyl halides is 3. The van der Waals surface area contributed by atoms with Gasteiger partial charge in [-0.3, -0.25) is 0 Å². The van der Waals surface area contributed by atoms with E-state index < -0.39 is 41.6 Å². The zero-order chi connectivity index (χ0) is 25.3. The number of carbonyl (C=O) groups is 1. The summed E-state index contributed by atoms with van der Waals surface area (Å²) in [5.74, 6) is -1.68. The maximum absolute atomic E-state index is 13.5. The van der Waals surface area contributed by atoms with Gasteiger partial charge in [-0.05, 0) is 66.6 Å². The molecule has 2 aromatic carbocycles. The van der Waals surface area contributed by atoms with E-state index in [-0.39, 0.29) is 25.1 Å². The second-order valence-corrected chi connectivity index (χ2v) is 7.90. The fourth-order valence-electron chi connectivity index (χ4n) is 3.57. The standard InChI is InChI=1S/C24H27F5N2O3/c1-2-3-4-5-16-6-7-18(24(27,28)29)11-17(16)13-30-14-22(32)21(31-23(33)34)10-15-8-19(25)12-20(26)9-15/h2,6-9,11-12,21-22,30-32H,1,3-5,10,13-14H2,(H,33,34)/t21-,22+/m0/s1. The number of aliphatic hydroxyl groups is 1. The van der Waals surface area contributed by atoms with Crippen LogP contribution in [0.2, 0.25) is 0 Å². The van der Waals surface area contributed by atoms with Gasteiger partial charge in [0.1, 0.15) is 11.6 Å². The molecule has 2 rings (SSSR count). The van der Waals surface area contributed by atoms with Crippen LogP contribution in [-0.2, 0) is 25.6 Å². The lowest BCUT2D eigenvalue weighted by Crippen LogP contribution is -2.48. The SMILES string of the molecule is C=CCCCc1ccc(C(F)(F)F)cc1CNC[C@@H](O)[C@H](Cc1cc(F)cc(F)c1)NC(=O)O. The topological polar surface area (TPSA) is 81.6 Å². The minimum absolute atomic E-state index is 0.00120. The number of carboxylic acid groups (broad SMARTS) is 1. The molecule has 2 atom stereocenters. The highest BCUT2D eigenvalue weighted by atomic mass is 19.4. The first-order chi connectivity index (χ1) is 16.0. The number of rotatable bonds is 12. The molecule has 5 nitrogen and oxygen atoms in total. The number of hydrogen-bond acceptors (Lipinski definition) is 3. The summed E-state index contributed by atoms with van der Waals surface area (Å²) >= 11 is 0. The smallest absolute Gasteiger partial charge is 0.416 e. The van der Waals surface area contributed by atoms with E-state index in [1.54, 1.807) is 6.08 Å². The molecule has 0 aliphatic heterocycles. The summed E-state index contributed by atoms with van der Waals surface area (Å²) in [6.45, 7) is 3.45. The van der Waals surface area contributed by atoms with Gasteiger partial charge in [0.25, 0.3) is 0 Å². The van der Waals surface area contributed by atoms with E-state index in [0.717, 1.165) is 24.3 Å².